The van der Waals surface area contributed by atoms with Gasteiger partial charge in [-0.15, -0.1) is 0 Å². The van der Waals surface area contributed by atoms with Crippen molar-refractivity contribution in [3.05, 3.63) is 29.8 Å². The highest BCUT2D eigenvalue weighted by Gasteiger charge is 2.09. The summed E-state index contributed by atoms with van der Waals surface area (Å²) in [7, 11) is 0. The van der Waals surface area contributed by atoms with Crippen molar-refractivity contribution in [3.8, 4) is 5.75 Å². The van der Waals surface area contributed by atoms with Crippen LogP contribution in [0.1, 0.15) is 32.8 Å². The van der Waals surface area contributed by atoms with Gasteiger partial charge in [-0.25, -0.2) is 0 Å². The number of hydrogen-bond acceptors (Lipinski definition) is 3. The minimum Gasteiger partial charge on any atom is -0.492 e. The number of likely N-dealkylation sites (N-methyl/N-ethyl adjacent to an activating group) is 1. The molecule has 0 radical (unpaired) electrons. The summed E-state index contributed by atoms with van der Waals surface area (Å²) in [6, 6.07) is 8.60. The fraction of sp³-hybridized carbons (Fsp3) is 0.562. The summed E-state index contributed by atoms with van der Waals surface area (Å²) < 4.78 is 5.79. The van der Waals surface area contributed by atoms with Crippen LogP contribution in [-0.4, -0.2) is 35.6 Å². The van der Waals surface area contributed by atoms with Gasteiger partial charge in [0.05, 0.1) is 4.99 Å². The van der Waals surface area contributed by atoms with Crippen LogP contribution in [0.2, 0.25) is 0 Å². The number of thiocarbonyl (C=S) groups is 1. The van der Waals surface area contributed by atoms with Crippen LogP contribution in [0.25, 0.3) is 0 Å². The van der Waals surface area contributed by atoms with Crippen molar-refractivity contribution in [2.24, 2.45) is 5.73 Å². The molecule has 2 N–H and O–H groups in total. The first-order valence-electron chi connectivity index (χ1n) is 7.30. The van der Waals surface area contributed by atoms with E-state index in [9.17, 15) is 0 Å². The number of nitrogens with two attached hydrogens (primary N) is 1. The molecule has 4 heteroatoms. The van der Waals surface area contributed by atoms with Crippen LogP contribution in [0.3, 0.4) is 0 Å². The van der Waals surface area contributed by atoms with Crippen LogP contribution in [0.4, 0.5) is 0 Å². The zero-order valence-electron chi connectivity index (χ0n) is 12.8. The molecule has 0 amide bonds. The second kappa shape index (κ2) is 8.93. The Morgan fingerprint density at radius 1 is 1.30 bits per heavy atom. The lowest BCUT2D eigenvalue weighted by atomic mass is 10.1. The highest BCUT2D eigenvalue weighted by atomic mass is 32.1. The van der Waals surface area contributed by atoms with Crippen LogP contribution in [0, 0.1) is 0 Å². The molecule has 0 heterocycles. The van der Waals surface area contributed by atoms with Crippen molar-refractivity contribution in [3.63, 3.8) is 0 Å². The fourth-order valence-electron chi connectivity index (χ4n) is 2.13. The maximum atomic E-state index is 5.79. The van der Waals surface area contributed by atoms with Crippen molar-refractivity contribution >= 4 is 17.2 Å². The third kappa shape index (κ3) is 5.88. The number of hydrogen-bond donors (Lipinski definition) is 1. The zero-order valence-corrected chi connectivity index (χ0v) is 13.6. The van der Waals surface area contributed by atoms with E-state index < -0.39 is 0 Å². The quantitative estimate of drug-likeness (QED) is 0.711. The SMILES string of the molecule is CCC(C)N(CC)CCOc1ccc(CC(N)=S)cc1. The summed E-state index contributed by atoms with van der Waals surface area (Å²) >= 11 is 4.90. The van der Waals surface area contributed by atoms with Crippen LogP contribution in [0.15, 0.2) is 24.3 Å². The van der Waals surface area contributed by atoms with Gasteiger partial charge in [-0.3, -0.25) is 4.90 Å². The molecule has 0 fully saturated rings. The Labute approximate surface area is 128 Å². The summed E-state index contributed by atoms with van der Waals surface area (Å²) in [6.45, 7) is 9.40. The molecule has 0 spiro atoms. The van der Waals surface area contributed by atoms with Crippen LogP contribution in [0.5, 0.6) is 5.75 Å². The van der Waals surface area contributed by atoms with Crippen molar-refractivity contribution in [2.75, 3.05) is 19.7 Å². The van der Waals surface area contributed by atoms with Crippen molar-refractivity contribution in [2.45, 2.75) is 39.7 Å². The maximum Gasteiger partial charge on any atom is 0.119 e. The largest absolute Gasteiger partial charge is 0.492 e. The first-order chi connectivity index (χ1) is 9.56. The third-order valence-corrected chi connectivity index (χ3v) is 3.71. The zero-order chi connectivity index (χ0) is 15.0. The van der Waals surface area contributed by atoms with Gasteiger partial charge in [-0.2, -0.15) is 0 Å². The Morgan fingerprint density at radius 2 is 1.95 bits per heavy atom. The smallest absolute Gasteiger partial charge is 0.119 e. The van der Waals surface area contributed by atoms with E-state index in [2.05, 4.69) is 25.7 Å². The molecule has 1 atom stereocenters. The first-order valence-corrected chi connectivity index (χ1v) is 7.71. The second-order valence-electron chi connectivity index (χ2n) is 5.02. The molecule has 1 rings (SSSR count). The summed E-state index contributed by atoms with van der Waals surface area (Å²) in [5.74, 6) is 0.900. The molecule has 0 aliphatic carbocycles. The predicted molar refractivity (Wildman–Crippen MR) is 89.4 cm³/mol. The molecule has 112 valence electrons. The molecule has 0 saturated heterocycles. The van der Waals surface area contributed by atoms with Gasteiger partial charge >= 0.3 is 0 Å². The molecule has 0 bridgehead atoms. The lowest BCUT2D eigenvalue weighted by Crippen LogP contribution is -2.35. The predicted octanol–water partition coefficient (Wildman–Crippen LogP) is 3.01. The van der Waals surface area contributed by atoms with Gasteiger partial charge in [0.25, 0.3) is 0 Å². The molecule has 3 nitrogen and oxygen atoms in total. The molecular weight excluding hydrogens is 268 g/mol. The average Bonchev–Trinajstić information content (AvgIpc) is 2.44. The van der Waals surface area contributed by atoms with Gasteiger partial charge in [0.15, 0.2) is 0 Å². The Bertz CT molecular complexity index is 405. The van der Waals surface area contributed by atoms with Crippen molar-refractivity contribution < 1.29 is 4.74 Å². The van der Waals surface area contributed by atoms with E-state index >= 15 is 0 Å². The van der Waals surface area contributed by atoms with Gasteiger partial charge in [0, 0.05) is 19.0 Å². The summed E-state index contributed by atoms with van der Waals surface area (Å²) in [5.41, 5.74) is 6.65. The average molecular weight is 294 g/mol. The number of benzene rings is 1. The molecule has 1 aromatic carbocycles. The van der Waals surface area contributed by atoms with Gasteiger partial charge in [0.1, 0.15) is 12.4 Å². The molecule has 1 aromatic rings. The number of rotatable bonds is 9. The Balaban J connectivity index is 2.40. The fourth-order valence-corrected chi connectivity index (χ4v) is 2.30. The number of ether oxygens (including phenoxy) is 1. The molecule has 20 heavy (non-hydrogen) atoms. The van der Waals surface area contributed by atoms with Crippen LogP contribution < -0.4 is 10.5 Å². The van der Waals surface area contributed by atoms with Gasteiger partial charge in [-0.05, 0) is 37.6 Å². The van der Waals surface area contributed by atoms with Gasteiger partial charge < -0.3 is 10.5 Å². The Kier molecular flexibility index (Phi) is 7.55. The first kappa shape index (κ1) is 16.9. The van der Waals surface area contributed by atoms with Gasteiger partial charge in [-0.1, -0.05) is 38.2 Å². The third-order valence-electron chi connectivity index (χ3n) is 3.57. The molecule has 1 unspecified atom stereocenters. The van der Waals surface area contributed by atoms with E-state index in [1.807, 2.05) is 24.3 Å². The maximum absolute atomic E-state index is 5.79. The molecular formula is C16H26N2OS. The summed E-state index contributed by atoms with van der Waals surface area (Å²) in [6.07, 6.45) is 1.81. The monoisotopic (exact) mass is 294 g/mol. The highest BCUT2D eigenvalue weighted by Crippen LogP contribution is 2.13. The summed E-state index contributed by atoms with van der Waals surface area (Å²) in [5, 5.41) is 0. The normalized spacial score (nSPS) is 12.4. The minimum atomic E-state index is 0.519. The van der Waals surface area contributed by atoms with Crippen LogP contribution in [-0.2, 0) is 6.42 Å². The lowest BCUT2D eigenvalue weighted by molar-refractivity contribution is 0.171. The molecule has 0 aliphatic heterocycles. The summed E-state index contributed by atoms with van der Waals surface area (Å²) in [4.78, 5) is 2.95. The van der Waals surface area contributed by atoms with E-state index in [0.29, 0.717) is 24.1 Å². The molecule has 0 aromatic heterocycles. The Morgan fingerprint density at radius 3 is 2.45 bits per heavy atom. The van der Waals surface area contributed by atoms with E-state index in [0.717, 1.165) is 24.4 Å². The number of nitrogens with zero attached hydrogens (tertiary/aromatic N) is 1. The standard InChI is InChI=1S/C16H26N2OS/c1-4-13(3)18(5-2)10-11-19-15-8-6-14(7-9-15)12-16(17)20/h6-9,13H,4-5,10-12H2,1-3H3,(H2,17,20). The topological polar surface area (TPSA) is 38.5 Å². The Hall–Kier alpha value is -1.13. The minimum absolute atomic E-state index is 0.519. The highest BCUT2D eigenvalue weighted by molar-refractivity contribution is 7.80. The van der Waals surface area contributed by atoms with E-state index in [1.165, 1.54) is 6.42 Å². The van der Waals surface area contributed by atoms with Gasteiger partial charge in [0.2, 0.25) is 0 Å². The van der Waals surface area contributed by atoms with Crippen molar-refractivity contribution in [1.29, 1.82) is 0 Å². The lowest BCUT2D eigenvalue weighted by Gasteiger charge is -2.26. The van der Waals surface area contributed by atoms with Crippen LogP contribution >= 0.6 is 12.2 Å². The van der Waals surface area contributed by atoms with E-state index in [1.54, 1.807) is 0 Å². The second-order valence-corrected chi connectivity index (χ2v) is 5.55. The molecule has 0 saturated carbocycles. The van der Waals surface area contributed by atoms with E-state index in [-0.39, 0.29) is 0 Å². The van der Waals surface area contributed by atoms with Crippen molar-refractivity contribution in [1.82, 2.24) is 4.90 Å². The van der Waals surface area contributed by atoms with E-state index in [4.69, 9.17) is 22.7 Å². The molecule has 0 aliphatic rings.